The number of fused-ring (bicyclic) bond motifs is 1. The van der Waals surface area contributed by atoms with Gasteiger partial charge in [-0.1, -0.05) is 6.92 Å². The van der Waals surface area contributed by atoms with Gasteiger partial charge in [0.05, 0.1) is 30.7 Å². The van der Waals surface area contributed by atoms with Crippen LogP contribution >= 0.6 is 0 Å². The summed E-state index contributed by atoms with van der Waals surface area (Å²) in [6.45, 7) is 0.641. The van der Waals surface area contributed by atoms with Crippen molar-refractivity contribution in [3.05, 3.63) is 0 Å². The second-order valence-corrected chi connectivity index (χ2v) is 9.30. The van der Waals surface area contributed by atoms with Crippen molar-refractivity contribution in [3.63, 3.8) is 0 Å². The van der Waals surface area contributed by atoms with Crippen molar-refractivity contribution in [1.29, 1.82) is 0 Å². The van der Waals surface area contributed by atoms with Crippen LogP contribution in [-0.2, 0) is 14.3 Å². The van der Waals surface area contributed by atoms with Gasteiger partial charge >= 0.3 is 6.61 Å². The SMILES string of the molecule is CC1CC(C2C=NCC(OC(F)F)C2)N=C2C1C(=O)N(C1CC=NC(OCC(F)F)C1)C2C. The van der Waals surface area contributed by atoms with E-state index in [0.717, 1.165) is 5.71 Å². The van der Waals surface area contributed by atoms with Gasteiger partial charge in [-0.2, -0.15) is 8.78 Å². The number of likely N-dealkylation sites (tertiary alicyclic amines) is 1. The van der Waals surface area contributed by atoms with E-state index in [1.165, 1.54) is 0 Å². The van der Waals surface area contributed by atoms with Crippen molar-refractivity contribution < 1.29 is 31.8 Å². The predicted molar refractivity (Wildman–Crippen MR) is 114 cm³/mol. The van der Waals surface area contributed by atoms with Crippen LogP contribution in [0, 0.1) is 17.8 Å². The molecule has 8 atom stereocenters. The topological polar surface area (TPSA) is 75.9 Å². The van der Waals surface area contributed by atoms with E-state index in [9.17, 15) is 22.4 Å². The first kappa shape index (κ1) is 24.3. The Morgan fingerprint density at radius 3 is 2.70 bits per heavy atom. The Kier molecular flexibility index (Phi) is 7.47. The average molecular weight is 474 g/mol. The van der Waals surface area contributed by atoms with E-state index < -0.39 is 32.0 Å². The van der Waals surface area contributed by atoms with Gasteiger partial charge in [0.15, 0.2) is 0 Å². The molecule has 0 N–H and O–H groups in total. The molecule has 4 heterocycles. The molecule has 0 aliphatic carbocycles. The first-order valence-corrected chi connectivity index (χ1v) is 11.5. The van der Waals surface area contributed by atoms with Crippen LogP contribution in [0.25, 0.3) is 0 Å². The Labute approximate surface area is 190 Å². The Morgan fingerprint density at radius 1 is 1.18 bits per heavy atom. The number of carbonyl (C=O) groups excluding carboxylic acids is 1. The molecule has 4 aliphatic heterocycles. The monoisotopic (exact) mass is 474 g/mol. The van der Waals surface area contributed by atoms with Gasteiger partial charge in [0, 0.05) is 42.9 Å². The van der Waals surface area contributed by atoms with Crippen LogP contribution in [0.5, 0.6) is 0 Å². The molecule has 4 rings (SSSR count). The van der Waals surface area contributed by atoms with Gasteiger partial charge in [0.1, 0.15) is 12.8 Å². The lowest BCUT2D eigenvalue weighted by atomic mass is 9.77. The average Bonchev–Trinajstić information content (AvgIpc) is 3.02. The minimum absolute atomic E-state index is 0.00340. The molecular weight excluding hydrogens is 444 g/mol. The van der Waals surface area contributed by atoms with Crippen molar-refractivity contribution in [2.45, 2.75) is 83.0 Å². The summed E-state index contributed by atoms with van der Waals surface area (Å²) in [7, 11) is 0. The van der Waals surface area contributed by atoms with Crippen LogP contribution < -0.4 is 0 Å². The van der Waals surface area contributed by atoms with E-state index in [-0.39, 0.29) is 48.3 Å². The number of halogens is 4. The molecule has 0 aromatic rings. The molecule has 7 nitrogen and oxygen atoms in total. The fourth-order valence-electron chi connectivity index (χ4n) is 5.60. The number of hydrogen-bond acceptors (Lipinski definition) is 6. The van der Waals surface area contributed by atoms with Crippen molar-refractivity contribution in [1.82, 2.24) is 4.90 Å². The third-order valence-corrected chi connectivity index (χ3v) is 7.04. The molecule has 0 aromatic heterocycles. The molecule has 184 valence electrons. The molecular formula is C22H30F4N4O3. The largest absolute Gasteiger partial charge is 0.351 e. The summed E-state index contributed by atoms with van der Waals surface area (Å²) >= 11 is 0. The highest BCUT2D eigenvalue weighted by atomic mass is 19.3. The van der Waals surface area contributed by atoms with Gasteiger partial charge in [-0.3, -0.25) is 19.8 Å². The highest BCUT2D eigenvalue weighted by Crippen LogP contribution is 2.40. The first-order valence-electron chi connectivity index (χ1n) is 11.5. The summed E-state index contributed by atoms with van der Waals surface area (Å²) in [6.07, 6.45) is 1.49. The normalized spacial score (nSPS) is 38.8. The number of alkyl halides is 4. The van der Waals surface area contributed by atoms with Crippen LogP contribution in [-0.4, -0.2) is 85.6 Å². The van der Waals surface area contributed by atoms with Gasteiger partial charge in [-0.05, 0) is 25.7 Å². The lowest BCUT2D eigenvalue weighted by Gasteiger charge is -2.34. The van der Waals surface area contributed by atoms with Crippen molar-refractivity contribution in [2.75, 3.05) is 13.2 Å². The van der Waals surface area contributed by atoms with Crippen molar-refractivity contribution in [3.8, 4) is 0 Å². The number of rotatable bonds is 7. The standard InChI is InChI=1S/C22H30F4N4O3/c1-11-5-16(13-6-15(9-27-8-13)33-22(25)26)29-20-12(2)30(21(31)19(11)20)14-3-4-28-18(7-14)32-10-17(23)24/h4,8,11-19,22H,3,5-7,9-10H2,1-2H3. The van der Waals surface area contributed by atoms with Gasteiger partial charge < -0.3 is 14.4 Å². The van der Waals surface area contributed by atoms with E-state index in [4.69, 9.17) is 9.73 Å². The van der Waals surface area contributed by atoms with Crippen molar-refractivity contribution >= 4 is 24.0 Å². The third kappa shape index (κ3) is 5.29. The molecule has 0 aromatic carbocycles. The van der Waals surface area contributed by atoms with E-state index in [1.54, 1.807) is 12.4 Å². The third-order valence-electron chi connectivity index (χ3n) is 7.04. The molecule has 0 radical (unpaired) electrons. The maximum Gasteiger partial charge on any atom is 0.345 e. The quantitative estimate of drug-likeness (QED) is 0.532. The van der Waals surface area contributed by atoms with Gasteiger partial charge in [0.25, 0.3) is 6.43 Å². The Bertz CT molecular complexity index is 809. The minimum atomic E-state index is -2.83. The molecule has 1 amide bonds. The highest BCUT2D eigenvalue weighted by molar-refractivity contribution is 6.13. The molecule has 8 unspecified atom stereocenters. The zero-order valence-electron chi connectivity index (χ0n) is 18.7. The number of hydrogen-bond donors (Lipinski definition) is 0. The molecule has 33 heavy (non-hydrogen) atoms. The summed E-state index contributed by atoms with van der Waals surface area (Å²) < 4.78 is 60.2. The highest BCUT2D eigenvalue weighted by Gasteiger charge is 2.51. The second-order valence-electron chi connectivity index (χ2n) is 9.30. The number of carbonyl (C=O) groups is 1. The molecule has 4 aliphatic rings. The van der Waals surface area contributed by atoms with E-state index in [0.29, 0.717) is 25.7 Å². The smallest absolute Gasteiger partial charge is 0.345 e. The van der Waals surface area contributed by atoms with E-state index in [1.807, 2.05) is 18.7 Å². The molecule has 11 heteroatoms. The second kappa shape index (κ2) is 10.2. The molecule has 0 bridgehead atoms. The zero-order chi connectivity index (χ0) is 23.7. The zero-order valence-corrected chi connectivity index (χ0v) is 18.7. The maximum atomic E-state index is 13.4. The summed E-state index contributed by atoms with van der Waals surface area (Å²) in [5.74, 6) is -0.417. The van der Waals surface area contributed by atoms with Gasteiger partial charge in [0.2, 0.25) is 5.91 Å². The maximum absolute atomic E-state index is 13.4. The van der Waals surface area contributed by atoms with Crippen LogP contribution in [0.3, 0.4) is 0 Å². The lowest BCUT2D eigenvalue weighted by Crippen LogP contribution is -2.45. The molecule has 0 saturated carbocycles. The number of aliphatic imine (C=N–C) groups is 3. The van der Waals surface area contributed by atoms with E-state index in [2.05, 4.69) is 14.7 Å². The number of ether oxygens (including phenoxy) is 2. The Hall–Kier alpha value is -1.88. The summed E-state index contributed by atoms with van der Waals surface area (Å²) in [5.41, 5.74) is 0.807. The summed E-state index contributed by atoms with van der Waals surface area (Å²) in [4.78, 5) is 28.5. The molecule has 0 spiro atoms. The van der Waals surface area contributed by atoms with Crippen molar-refractivity contribution in [2.24, 2.45) is 32.7 Å². The predicted octanol–water partition coefficient (Wildman–Crippen LogP) is 3.22. The summed E-state index contributed by atoms with van der Waals surface area (Å²) in [5, 5.41) is 0. The fraction of sp³-hybridized carbons (Fsp3) is 0.818. The Morgan fingerprint density at radius 2 is 1.97 bits per heavy atom. The van der Waals surface area contributed by atoms with Crippen LogP contribution in [0.15, 0.2) is 15.0 Å². The Balaban J connectivity index is 1.48. The van der Waals surface area contributed by atoms with E-state index >= 15 is 0 Å². The fourth-order valence-corrected chi connectivity index (χ4v) is 5.60. The van der Waals surface area contributed by atoms with Crippen LogP contribution in [0.1, 0.15) is 39.5 Å². The van der Waals surface area contributed by atoms with Crippen LogP contribution in [0.4, 0.5) is 17.6 Å². The number of nitrogens with zero attached hydrogens (tertiary/aromatic N) is 4. The lowest BCUT2D eigenvalue weighted by molar-refractivity contribution is -0.164. The molecule has 1 fully saturated rings. The summed E-state index contributed by atoms with van der Waals surface area (Å²) in [6, 6.07) is -0.593. The first-order chi connectivity index (χ1) is 15.7. The minimum Gasteiger partial charge on any atom is -0.351 e. The molecule has 1 saturated heterocycles. The van der Waals surface area contributed by atoms with Gasteiger partial charge in [-0.15, -0.1) is 0 Å². The van der Waals surface area contributed by atoms with Crippen LogP contribution in [0.2, 0.25) is 0 Å². The van der Waals surface area contributed by atoms with Gasteiger partial charge in [-0.25, -0.2) is 8.78 Å². The number of amides is 1.